The van der Waals surface area contributed by atoms with Crippen molar-refractivity contribution in [2.24, 2.45) is 0 Å². The molecule has 49 heavy (non-hydrogen) atoms. The molecule has 0 fully saturated rings. The van der Waals surface area contributed by atoms with Gasteiger partial charge in [-0.25, -0.2) is 13.2 Å². The third-order valence-electron chi connectivity index (χ3n) is 5.64. The van der Waals surface area contributed by atoms with Crippen LogP contribution in [0, 0.1) is 29.1 Å². The maximum atomic E-state index is 13.5. The average Bonchev–Trinajstić information content (AvgIpc) is 3.08. The SMILES string of the molecule is O=C(O)CCOCCOCCOCCOCCOCCOCCOCCOCCOCCOCCC(=O)Oc1c(F)c(F)c(F)c(F)c1F. The van der Waals surface area contributed by atoms with Gasteiger partial charge in [-0.1, -0.05) is 0 Å². The fourth-order valence-electron chi connectivity index (χ4n) is 3.24. The Hall–Kier alpha value is -2.59. The van der Waals surface area contributed by atoms with Crippen molar-refractivity contribution >= 4 is 11.9 Å². The Balaban J connectivity index is 1.75. The van der Waals surface area contributed by atoms with Gasteiger partial charge >= 0.3 is 11.9 Å². The topological polar surface area (TPSA) is 156 Å². The Morgan fingerprint density at radius 1 is 0.367 bits per heavy atom. The van der Waals surface area contributed by atoms with E-state index >= 15 is 0 Å². The first-order valence-electron chi connectivity index (χ1n) is 15.5. The molecule has 0 saturated heterocycles. The number of carboxylic acid groups (broad SMARTS) is 1. The molecule has 0 aliphatic heterocycles. The summed E-state index contributed by atoms with van der Waals surface area (Å²) in [5.41, 5.74) is 0. The number of ether oxygens (including phenoxy) is 11. The van der Waals surface area contributed by atoms with Crippen LogP contribution in [0.25, 0.3) is 0 Å². The highest BCUT2D eigenvalue weighted by Crippen LogP contribution is 2.29. The summed E-state index contributed by atoms with van der Waals surface area (Å²) >= 11 is 0. The standard InChI is InChI=1S/C30H45F5O14/c31-25-26(32)28(34)30(29(35)27(25)33)49-24(38)2-4-40-6-8-42-10-12-44-14-16-46-18-20-48-22-21-47-19-17-45-15-13-43-11-9-41-7-5-39-3-1-23(36)37/h1-22H2,(H,36,37). The Morgan fingerprint density at radius 2 is 0.592 bits per heavy atom. The third kappa shape index (κ3) is 23.4. The van der Waals surface area contributed by atoms with Crippen LogP contribution in [-0.2, 0) is 57.0 Å². The molecule has 0 spiro atoms. The van der Waals surface area contributed by atoms with Gasteiger partial charge in [0, 0.05) is 0 Å². The lowest BCUT2D eigenvalue weighted by Crippen LogP contribution is -2.16. The summed E-state index contributed by atoms with van der Waals surface area (Å²) in [6.07, 6.45) is -0.520. The molecular weight excluding hydrogens is 679 g/mol. The molecule has 0 saturated carbocycles. The number of esters is 1. The molecule has 0 amide bonds. The van der Waals surface area contributed by atoms with Crippen molar-refractivity contribution in [2.45, 2.75) is 12.8 Å². The fraction of sp³-hybridized carbons (Fsp3) is 0.733. The van der Waals surface area contributed by atoms with E-state index in [0.717, 1.165) is 0 Å². The van der Waals surface area contributed by atoms with Crippen molar-refractivity contribution in [1.29, 1.82) is 0 Å². The number of rotatable bonds is 34. The lowest BCUT2D eigenvalue weighted by molar-refractivity contribution is -0.138. The van der Waals surface area contributed by atoms with E-state index in [0.29, 0.717) is 99.1 Å². The predicted molar refractivity (Wildman–Crippen MR) is 157 cm³/mol. The third-order valence-corrected chi connectivity index (χ3v) is 5.64. The number of hydrogen-bond acceptors (Lipinski definition) is 13. The molecule has 0 heterocycles. The number of carboxylic acids is 1. The Morgan fingerprint density at radius 3 is 0.857 bits per heavy atom. The molecular formula is C30H45F5O14. The minimum Gasteiger partial charge on any atom is -0.481 e. The van der Waals surface area contributed by atoms with Crippen molar-refractivity contribution in [2.75, 3.05) is 132 Å². The van der Waals surface area contributed by atoms with Crippen molar-refractivity contribution < 1.29 is 88.8 Å². The first kappa shape index (κ1) is 44.4. The molecule has 19 heteroatoms. The number of carbonyl (C=O) groups excluding carboxylic acids is 1. The minimum absolute atomic E-state index is 0.0273. The van der Waals surface area contributed by atoms with E-state index in [1.54, 1.807) is 0 Å². The normalized spacial score (nSPS) is 11.4. The second-order valence-electron chi connectivity index (χ2n) is 9.39. The van der Waals surface area contributed by atoms with Crippen molar-refractivity contribution in [3.8, 4) is 5.75 Å². The molecule has 14 nitrogen and oxygen atoms in total. The van der Waals surface area contributed by atoms with Crippen molar-refractivity contribution in [3.05, 3.63) is 29.1 Å². The summed E-state index contributed by atoms with van der Waals surface area (Å²) in [6, 6.07) is 0. The lowest BCUT2D eigenvalue weighted by Gasteiger charge is -2.09. The minimum atomic E-state index is -2.35. The molecule has 1 rings (SSSR count). The quantitative estimate of drug-likeness (QED) is 0.0276. The summed E-state index contributed by atoms with van der Waals surface area (Å²) in [5.74, 6) is -15.1. The van der Waals surface area contributed by atoms with E-state index in [9.17, 15) is 31.5 Å². The maximum Gasteiger partial charge on any atom is 0.313 e. The second-order valence-corrected chi connectivity index (χ2v) is 9.39. The summed E-state index contributed by atoms with van der Waals surface area (Å²) < 4.78 is 124. The highest BCUT2D eigenvalue weighted by molar-refractivity contribution is 5.72. The smallest absolute Gasteiger partial charge is 0.313 e. The largest absolute Gasteiger partial charge is 0.481 e. The van der Waals surface area contributed by atoms with Gasteiger partial charge in [-0.05, 0) is 0 Å². The highest BCUT2D eigenvalue weighted by atomic mass is 19.2. The van der Waals surface area contributed by atoms with Crippen LogP contribution in [0.3, 0.4) is 0 Å². The van der Waals surface area contributed by atoms with Crippen LogP contribution in [0.1, 0.15) is 12.8 Å². The molecule has 0 aliphatic rings. The van der Waals surface area contributed by atoms with Gasteiger partial charge in [0.05, 0.1) is 145 Å². The molecule has 0 bridgehead atoms. The van der Waals surface area contributed by atoms with Gasteiger partial charge in [-0.2, -0.15) is 8.78 Å². The monoisotopic (exact) mass is 724 g/mol. The molecule has 0 aromatic heterocycles. The van der Waals surface area contributed by atoms with Crippen LogP contribution < -0.4 is 4.74 Å². The van der Waals surface area contributed by atoms with Gasteiger partial charge < -0.3 is 57.2 Å². The summed E-state index contributed by atoms with van der Waals surface area (Å²) in [5, 5.41) is 8.47. The van der Waals surface area contributed by atoms with Crippen molar-refractivity contribution in [3.63, 3.8) is 0 Å². The summed E-state index contributed by atoms with van der Waals surface area (Å²) in [6.45, 7) is 6.32. The average molecular weight is 725 g/mol. The summed E-state index contributed by atoms with van der Waals surface area (Å²) in [7, 11) is 0. The number of hydrogen-bond donors (Lipinski definition) is 1. The summed E-state index contributed by atoms with van der Waals surface area (Å²) in [4.78, 5) is 22.0. The fourth-order valence-corrected chi connectivity index (χ4v) is 3.24. The zero-order valence-corrected chi connectivity index (χ0v) is 27.2. The van der Waals surface area contributed by atoms with E-state index in [2.05, 4.69) is 4.74 Å². The van der Waals surface area contributed by atoms with Gasteiger partial charge in [-0.15, -0.1) is 0 Å². The Kier molecular flexibility index (Phi) is 27.4. The van der Waals surface area contributed by atoms with Gasteiger partial charge in [0.15, 0.2) is 0 Å². The van der Waals surface area contributed by atoms with E-state index in [1.807, 2.05) is 0 Å². The Labute approximate surface area is 280 Å². The van der Waals surface area contributed by atoms with E-state index in [4.69, 9.17) is 52.5 Å². The van der Waals surface area contributed by atoms with Crippen LogP contribution in [0.2, 0.25) is 0 Å². The van der Waals surface area contributed by atoms with Crippen molar-refractivity contribution in [1.82, 2.24) is 0 Å². The molecule has 0 radical (unpaired) electrons. The maximum absolute atomic E-state index is 13.5. The molecule has 1 aromatic carbocycles. The van der Waals surface area contributed by atoms with E-state index < -0.39 is 53.2 Å². The number of benzene rings is 1. The van der Waals surface area contributed by atoms with E-state index in [1.165, 1.54) is 0 Å². The Bertz CT molecular complexity index is 995. The number of carbonyl (C=O) groups is 2. The highest BCUT2D eigenvalue weighted by Gasteiger charge is 2.28. The molecule has 0 unspecified atom stereocenters. The van der Waals surface area contributed by atoms with Crippen LogP contribution in [0.5, 0.6) is 5.75 Å². The van der Waals surface area contributed by atoms with Crippen LogP contribution >= 0.6 is 0 Å². The zero-order valence-electron chi connectivity index (χ0n) is 27.2. The molecule has 1 aromatic rings. The molecule has 0 aliphatic carbocycles. The van der Waals surface area contributed by atoms with Gasteiger partial charge in [-0.3, -0.25) is 9.59 Å². The van der Waals surface area contributed by atoms with Crippen LogP contribution in [0.4, 0.5) is 22.0 Å². The lowest BCUT2D eigenvalue weighted by atomic mass is 10.2. The van der Waals surface area contributed by atoms with E-state index in [-0.39, 0.29) is 39.5 Å². The van der Waals surface area contributed by atoms with Gasteiger partial charge in [0.25, 0.3) is 0 Å². The number of aliphatic carboxylic acids is 1. The molecule has 1 N–H and O–H groups in total. The number of halogens is 5. The second kappa shape index (κ2) is 30.3. The zero-order chi connectivity index (χ0) is 36.0. The first-order valence-corrected chi connectivity index (χ1v) is 15.5. The first-order chi connectivity index (χ1) is 23.8. The van der Waals surface area contributed by atoms with Crippen LogP contribution in [-0.4, -0.2) is 149 Å². The van der Waals surface area contributed by atoms with Gasteiger partial charge in [0.2, 0.25) is 34.8 Å². The molecule has 0 atom stereocenters. The predicted octanol–water partition coefficient (Wildman–Crippen LogP) is 2.32. The van der Waals surface area contributed by atoms with Crippen LogP contribution in [0.15, 0.2) is 0 Å². The molecule has 284 valence electrons. The van der Waals surface area contributed by atoms with Gasteiger partial charge in [0.1, 0.15) is 0 Å².